The average Bonchev–Trinajstić information content (AvgIpc) is 2.76. The molecule has 0 bridgehead atoms. The first-order valence-corrected chi connectivity index (χ1v) is 6.08. The fourth-order valence-electron chi connectivity index (χ4n) is 1.79. The summed E-state index contributed by atoms with van der Waals surface area (Å²) in [7, 11) is 1.81. The number of anilines is 1. The maximum absolute atomic E-state index is 11.5. The van der Waals surface area contributed by atoms with Gasteiger partial charge in [0.2, 0.25) is 0 Å². The molecule has 2 amide bonds. The van der Waals surface area contributed by atoms with Crippen LogP contribution in [0.3, 0.4) is 0 Å². The van der Waals surface area contributed by atoms with Crippen LogP contribution in [0.25, 0.3) is 0 Å². The van der Waals surface area contributed by atoms with Gasteiger partial charge in [0, 0.05) is 45.5 Å². The lowest BCUT2D eigenvalue weighted by molar-refractivity contribution is 0.0388. The lowest BCUT2D eigenvalue weighted by Crippen LogP contribution is -2.42. The minimum atomic E-state index is -0.220. The summed E-state index contributed by atoms with van der Waals surface area (Å²) in [5.41, 5.74) is 0. The number of rotatable bonds is 4. The highest BCUT2D eigenvalue weighted by Gasteiger charge is 2.10. The lowest BCUT2D eigenvalue weighted by Gasteiger charge is -2.26. The highest BCUT2D eigenvalue weighted by Crippen LogP contribution is 2.00. The van der Waals surface area contributed by atoms with Gasteiger partial charge < -0.3 is 10.1 Å². The Labute approximate surface area is 106 Å². The molecule has 7 heteroatoms. The molecule has 2 rings (SSSR count). The Kier molecular flexibility index (Phi) is 4.54. The van der Waals surface area contributed by atoms with E-state index in [4.69, 9.17) is 4.74 Å². The largest absolute Gasteiger partial charge is 0.379 e. The summed E-state index contributed by atoms with van der Waals surface area (Å²) in [5, 5.41) is 9.55. The van der Waals surface area contributed by atoms with Gasteiger partial charge in [-0.15, -0.1) is 0 Å². The normalized spacial score (nSPS) is 16.5. The van der Waals surface area contributed by atoms with Gasteiger partial charge in [-0.1, -0.05) is 0 Å². The highest BCUT2D eigenvalue weighted by molar-refractivity contribution is 5.88. The molecule has 1 aromatic heterocycles. The maximum atomic E-state index is 11.5. The van der Waals surface area contributed by atoms with E-state index in [0.29, 0.717) is 12.4 Å². The van der Waals surface area contributed by atoms with Crippen molar-refractivity contribution in [1.82, 2.24) is 20.0 Å². The number of nitrogens with one attached hydrogen (secondary N) is 2. The molecule has 2 heterocycles. The van der Waals surface area contributed by atoms with Crippen molar-refractivity contribution in [2.75, 3.05) is 44.7 Å². The van der Waals surface area contributed by atoms with E-state index in [-0.39, 0.29) is 6.03 Å². The Morgan fingerprint density at radius 2 is 2.28 bits per heavy atom. The van der Waals surface area contributed by atoms with Gasteiger partial charge in [0.15, 0.2) is 5.82 Å². The second kappa shape index (κ2) is 6.36. The van der Waals surface area contributed by atoms with Crippen LogP contribution in [-0.2, 0) is 11.8 Å². The number of ether oxygens (including phenoxy) is 1. The molecule has 0 aromatic carbocycles. The van der Waals surface area contributed by atoms with Crippen LogP contribution in [0.1, 0.15) is 0 Å². The van der Waals surface area contributed by atoms with Gasteiger partial charge in [-0.25, -0.2) is 4.79 Å². The number of aryl methyl sites for hydroxylation is 1. The Morgan fingerprint density at radius 3 is 2.94 bits per heavy atom. The zero-order valence-electron chi connectivity index (χ0n) is 10.6. The number of morpholine rings is 1. The monoisotopic (exact) mass is 253 g/mol. The molecule has 1 fully saturated rings. The topological polar surface area (TPSA) is 71.4 Å². The van der Waals surface area contributed by atoms with E-state index in [2.05, 4.69) is 20.6 Å². The molecule has 0 unspecified atom stereocenters. The third-order valence-corrected chi connectivity index (χ3v) is 2.77. The molecule has 1 saturated heterocycles. The van der Waals surface area contributed by atoms with Crippen molar-refractivity contribution >= 4 is 11.8 Å². The Morgan fingerprint density at radius 1 is 1.50 bits per heavy atom. The minimum Gasteiger partial charge on any atom is -0.379 e. The van der Waals surface area contributed by atoms with Gasteiger partial charge in [0.25, 0.3) is 0 Å². The van der Waals surface area contributed by atoms with Gasteiger partial charge >= 0.3 is 6.03 Å². The first-order valence-electron chi connectivity index (χ1n) is 6.08. The lowest BCUT2D eigenvalue weighted by atomic mass is 10.4. The van der Waals surface area contributed by atoms with Crippen molar-refractivity contribution in [2.24, 2.45) is 7.05 Å². The smallest absolute Gasteiger partial charge is 0.320 e. The van der Waals surface area contributed by atoms with Crippen LogP contribution in [0.5, 0.6) is 0 Å². The zero-order valence-corrected chi connectivity index (χ0v) is 10.6. The minimum absolute atomic E-state index is 0.220. The zero-order chi connectivity index (χ0) is 12.8. The van der Waals surface area contributed by atoms with Crippen LogP contribution >= 0.6 is 0 Å². The molecule has 0 radical (unpaired) electrons. The number of carbonyl (C=O) groups excluding carboxylic acids is 1. The van der Waals surface area contributed by atoms with Crippen LogP contribution in [0.15, 0.2) is 12.3 Å². The van der Waals surface area contributed by atoms with Crippen molar-refractivity contribution in [2.45, 2.75) is 0 Å². The number of aromatic nitrogens is 2. The second-order valence-corrected chi connectivity index (χ2v) is 4.21. The van der Waals surface area contributed by atoms with E-state index >= 15 is 0 Å². The van der Waals surface area contributed by atoms with Crippen LogP contribution in [0.4, 0.5) is 10.6 Å². The maximum Gasteiger partial charge on any atom is 0.320 e. The average molecular weight is 253 g/mol. The Hall–Kier alpha value is -1.60. The van der Waals surface area contributed by atoms with Crippen LogP contribution in [0.2, 0.25) is 0 Å². The second-order valence-electron chi connectivity index (χ2n) is 4.21. The van der Waals surface area contributed by atoms with Gasteiger partial charge in [-0.2, -0.15) is 5.10 Å². The van der Waals surface area contributed by atoms with E-state index in [1.165, 1.54) is 0 Å². The summed E-state index contributed by atoms with van der Waals surface area (Å²) in [6, 6.07) is 1.53. The van der Waals surface area contributed by atoms with E-state index < -0.39 is 0 Å². The number of carbonyl (C=O) groups is 1. The fraction of sp³-hybridized carbons (Fsp3) is 0.636. The number of hydrogen-bond acceptors (Lipinski definition) is 4. The standard InChI is InChI=1S/C11H19N5O2/c1-15-4-2-10(14-15)13-11(17)12-3-5-16-6-8-18-9-7-16/h2,4H,3,5-9H2,1H3,(H2,12,13,14,17). The van der Waals surface area contributed by atoms with Crippen molar-refractivity contribution in [3.63, 3.8) is 0 Å². The highest BCUT2D eigenvalue weighted by atomic mass is 16.5. The van der Waals surface area contributed by atoms with Crippen LogP contribution in [-0.4, -0.2) is 60.1 Å². The van der Waals surface area contributed by atoms with Crippen molar-refractivity contribution < 1.29 is 9.53 Å². The quantitative estimate of drug-likeness (QED) is 0.784. The fourth-order valence-corrected chi connectivity index (χ4v) is 1.79. The molecule has 18 heavy (non-hydrogen) atoms. The third kappa shape index (κ3) is 4.01. The summed E-state index contributed by atoms with van der Waals surface area (Å²) in [6.07, 6.45) is 1.78. The van der Waals surface area contributed by atoms with Crippen LogP contribution in [0, 0.1) is 0 Å². The molecule has 0 atom stereocenters. The SMILES string of the molecule is Cn1ccc(NC(=O)NCCN2CCOCC2)n1. The molecule has 1 aliphatic heterocycles. The summed E-state index contributed by atoms with van der Waals surface area (Å²) >= 11 is 0. The molecule has 1 aliphatic rings. The van der Waals surface area contributed by atoms with E-state index in [0.717, 1.165) is 32.8 Å². The Balaban J connectivity index is 1.62. The molecular formula is C11H19N5O2. The van der Waals surface area contributed by atoms with Gasteiger partial charge in [-0.3, -0.25) is 14.9 Å². The first kappa shape index (κ1) is 12.8. The molecule has 1 aromatic rings. The summed E-state index contributed by atoms with van der Waals surface area (Å²) in [4.78, 5) is 13.8. The number of hydrogen-bond donors (Lipinski definition) is 2. The summed E-state index contributed by atoms with van der Waals surface area (Å²) in [6.45, 7) is 4.89. The molecule has 0 aliphatic carbocycles. The van der Waals surface area contributed by atoms with Gasteiger partial charge in [0.05, 0.1) is 13.2 Å². The number of amides is 2. The first-order chi connectivity index (χ1) is 8.74. The van der Waals surface area contributed by atoms with E-state index in [9.17, 15) is 4.79 Å². The number of urea groups is 1. The van der Waals surface area contributed by atoms with Gasteiger partial charge in [-0.05, 0) is 0 Å². The molecule has 0 saturated carbocycles. The van der Waals surface area contributed by atoms with E-state index in [1.54, 1.807) is 16.9 Å². The Bertz CT molecular complexity index is 387. The predicted octanol–water partition coefficient (Wildman–Crippen LogP) is -0.126. The van der Waals surface area contributed by atoms with Crippen LogP contribution < -0.4 is 10.6 Å². The molecule has 100 valence electrons. The van der Waals surface area contributed by atoms with Gasteiger partial charge in [0.1, 0.15) is 0 Å². The summed E-state index contributed by atoms with van der Waals surface area (Å²) in [5.74, 6) is 0.557. The number of nitrogens with zero attached hydrogens (tertiary/aromatic N) is 3. The predicted molar refractivity (Wildman–Crippen MR) is 67.5 cm³/mol. The van der Waals surface area contributed by atoms with Crippen molar-refractivity contribution in [1.29, 1.82) is 0 Å². The summed E-state index contributed by atoms with van der Waals surface area (Å²) < 4.78 is 6.90. The van der Waals surface area contributed by atoms with E-state index in [1.807, 2.05) is 7.05 Å². The molecule has 0 spiro atoms. The molecule has 2 N–H and O–H groups in total. The van der Waals surface area contributed by atoms with Crippen molar-refractivity contribution in [3.05, 3.63) is 12.3 Å². The molecule has 7 nitrogen and oxygen atoms in total. The molecular weight excluding hydrogens is 234 g/mol. The third-order valence-electron chi connectivity index (χ3n) is 2.77. The van der Waals surface area contributed by atoms with Crippen molar-refractivity contribution in [3.8, 4) is 0 Å².